The lowest BCUT2D eigenvalue weighted by molar-refractivity contribution is 0.0939. The van der Waals surface area contributed by atoms with Gasteiger partial charge in [0.15, 0.2) is 0 Å². The third kappa shape index (κ3) is 5.08. The van der Waals surface area contributed by atoms with E-state index in [-0.39, 0.29) is 23.8 Å². The van der Waals surface area contributed by atoms with Gasteiger partial charge in [0.05, 0.1) is 17.2 Å². The first kappa shape index (κ1) is 20.3. The second-order valence-electron chi connectivity index (χ2n) is 7.26. The quantitative estimate of drug-likeness (QED) is 0.629. The number of pyridine rings is 1. The predicted molar refractivity (Wildman–Crippen MR) is 115 cm³/mol. The molecule has 0 aliphatic rings. The van der Waals surface area contributed by atoms with E-state index in [0.29, 0.717) is 11.1 Å². The highest BCUT2D eigenvalue weighted by atomic mass is 16.2. The highest BCUT2D eigenvalue weighted by Gasteiger charge is 2.15. The SMILES string of the molecule is CC(C)c1ccccc1NC(=O)c1cncc(C(=O)NC(C)c2ccccc2)c1. The molecule has 5 heteroatoms. The van der Waals surface area contributed by atoms with Gasteiger partial charge in [-0.25, -0.2) is 0 Å². The van der Waals surface area contributed by atoms with E-state index in [4.69, 9.17) is 0 Å². The second-order valence-corrected chi connectivity index (χ2v) is 7.26. The van der Waals surface area contributed by atoms with Gasteiger partial charge >= 0.3 is 0 Å². The summed E-state index contributed by atoms with van der Waals surface area (Å²) in [6, 6.07) is 18.8. The lowest BCUT2D eigenvalue weighted by Gasteiger charge is -2.15. The van der Waals surface area contributed by atoms with Crippen LogP contribution in [0.15, 0.2) is 73.1 Å². The number of rotatable bonds is 6. The summed E-state index contributed by atoms with van der Waals surface area (Å²) in [7, 11) is 0. The summed E-state index contributed by atoms with van der Waals surface area (Å²) in [5, 5.41) is 5.87. The van der Waals surface area contributed by atoms with Gasteiger partial charge in [0.2, 0.25) is 0 Å². The zero-order valence-electron chi connectivity index (χ0n) is 16.8. The molecule has 148 valence electrons. The van der Waals surface area contributed by atoms with Crippen LogP contribution in [0, 0.1) is 0 Å². The average molecular weight is 387 g/mol. The van der Waals surface area contributed by atoms with Gasteiger partial charge in [-0.1, -0.05) is 62.4 Å². The van der Waals surface area contributed by atoms with Crippen molar-refractivity contribution in [1.82, 2.24) is 10.3 Å². The molecule has 29 heavy (non-hydrogen) atoms. The minimum Gasteiger partial charge on any atom is -0.345 e. The molecule has 0 saturated carbocycles. The van der Waals surface area contributed by atoms with Gasteiger partial charge in [0.25, 0.3) is 11.8 Å². The minimum absolute atomic E-state index is 0.154. The molecule has 0 aliphatic heterocycles. The number of para-hydroxylation sites is 1. The third-order valence-corrected chi connectivity index (χ3v) is 4.74. The van der Waals surface area contributed by atoms with Crippen LogP contribution in [-0.4, -0.2) is 16.8 Å². The van der Waals surface area contributed by atoms with Crippen molar-refractivity contribution in [2.45, 2.75) is 32.7 Å². The van der Waals surface area contributed by atoms with Gasteiger partial charge in [-0.15, -0.1) is 0 Å². The van der Waals surface area contributed by atoms with E-state index < -0.39 is 0 Å². The molecule has 1 atom stereocenters. The minimum atomic E-state index is -0.295. The van der Waals surface area contributed by atoms with Crippen molar-refractivity contribution in [3.8, 4) is 0 Å². The maximum Gasteiger partial charge on any atom is 0.257 e. The van der Waals surface area contributed by atoms with Crippen LogP contribution in [0.25, 0.3) is 0 Å². The predicted octanol–water partition coefficient (Wildman–Crippen LogP) is 4.95. The van der Waals surface area contributed by atoms with Crippen molar-refractivity contribution < 1.29 is 9.59 Å². The zero-order chi connectivity index (χ0) is 20.8. The van der Waals surface area contributed by atoms with Crippen molar-refractivity contribution in [2.24, 2.45) is 0 Å². The normalized spacial score (nSPS) is 11.7. The van der Waals surface area contributed by atoms with Crippen molar-refractivity contribution in [3.05, 3.63) is 95.3 Å². The molecule has 0 aliphatic carbocycles. The number of nitrogens with zero attached hydrogens (tertiary/aromatic N) is 1. The monoisotopic (exact) mass is 387 g/mol. The Bertz CT molecular complexity index is 1000. The molecule has 0 fully saturated rings. The average Bonchev–Trinajstić information content (AvgIpc) is 2.74. The number of anilines is 1. The van der Waals surface area contributed by atoms with Gasteiger partial charge in [-0.05, 0) is 36.1 Å². The summed E-state index contributed by atoms with van der Waals surface area (Å²) >= 11 is 0. The summed E-state index contributed by atoms with van der Waals surface area (Å²) in [5.41, 5.74) is 3.51. The molecule has 0 saturated heterocycles. The molecule has 1 aromatic heterocycles. The van der Waals surface area contributed by atoms with Crippen LogP contribution >= 0.6 is 0 Å². The Hall–Kier alpha value is -3.47. The number of benzene rings is 2. The van der Waals surface area contributed by atoms with E-state index in [0.717, 1.165) is 16.8 Å². The van der Waals surface area contributed by atoms with Gasteiger partial charge in [-0.2, -0.15) is 0 Å². The molecule has 2 N–H and O–H groups in total. The van der Waals surface area contributed by atoms with E-state index >= 15 is 0 Å². The van der Waals surface area contributed by atoms with Crippen LogP contribution in [0.1, 0.15) is 64.6 Å². The number of nitrogens with one attached hydrogen (secondary N) is 2. The Morgan fingerprint density at radius 2 is 1.45 bits per heavy atom. The third-order valence-electron chi connectivity index (χ3n) is 4.74. The maximum atomic E-state index is 12.7. The second kappa shape index (κ2) is 9.15. The summed E-state index contributed by atoms with van der Waals surface area (Å²) < 4.78 is 0. The van der Waals surface area contributed by atoms with E-state index in [1.54, 1.807) is 6.07 Å². The fourth-order valence-corrected chi connectivity index (χ4v) is 3.10. The van der Waals surface area contributed by atoms with Crippen LogP contribution in [0.2, 0.25) is 0 Å². The Kier molecular flexibility index (Phi) is 6.39. The Morgan fingerprint density at radius 1 is 0.828 bits per heavy atom. The topological polar surface area (TPSA) is 71.1 Å². The number of carbonyl (C=O) groups is 2. The van der Waals surface area contributed by atoms with Crippen LogP contribution in [0.3, 0.4) is 0 Å². The molecule has 0 radical (unpaired) electrons. The Morgan fingerprint density at radius 3 is 2.14 bits per heavy atom. The first-order valence-corrected chi connectivity index (χ1v) is 9.67. The molecular formula is C24H25N3O2. The molecule has 3 aromatic rings. The summed E-state index contributed by atoms with van der Waals surface area (Å²) in [6.07, 6.45) is 2.93. The molecule has 1 unspecified atom stereocenters. The molecular weight excluding hydrogens is 362 g/mol. The Balaban J connectivity index is 1.74. The van der Waals surface area contributed by atoms with Crippen molar-refractivity contribution >= 4 is 17.5 Å². The molecule has 5 nitrogen and oxygen atoms in total. The summed E-state index contributed by atoms with van der Waals surface area (Å²) in [5.74, 6) is -0.288. The standard InChI is InChI=1S/C24H25N3O2/c1-16(2)21-11-7-8-12-22(21)27-24(29)20-13-19(14-25-15-20)23(28)26-17(3)18-9-5-4-6-10-18/h4-17H,1-3H3,(H,26,28)(H,27,29). The lowest BCUT2D eigenvalue weighted by Crippen LogP contribution is -2.27. The summed E-state index contributed by atoms with van der Waals surface area (Å²) in [4.78, 5) is 29.4. The number of carbonyl (C=O) groups excluding carboxylic acids is 2. The van der Waals surface area contributed by atoms with Crippen molar-refractivity contribution in [2.75, 3.05) is 5.32 Å². The zero-order valence-corrected chi connectivity index (χ0v) is 16.8. The smallest absolute Gasteiger partial charge is 0.257 e. The van der Waals surface area contributed by atoms with Crippen molar-refractivity contribution in [1.29, 1.82) is 0 Å². The van der Waals surface area contributed by atoms with Crippen LogP contribution in [0.4, 0.5) is 5.69 Å². The highest BCUT2D eigenvalue weighted by Crippen LogP contribution is 2.24. The van der Waals surface area contributed by atoms with E-state index in [1.165, 1.54) is 12.4 Å². The Labute approximate surface area is 171 Å². The first-order valence-electron chi connectivity index (χ1n) is 9.67. The lowest BCUT2D eigenvalue weighted by atomic mass is 10.0. The molecule has 2 amide bonds. The van der Waals surface area contributed by atoms with E-state index in [9.17, 15) is 9.59 Å². The molecule has 3 rings (SSSR count). The van der Waals surface area contributed by atoms with Gasteiger partial charge in [0.1, 0.15) is 0 Å². The molecule has 1 heterocycles. The fourth-order valence-electron chi connectivity index (χ4n) is 3.10. The van der Waals surface area contributed by atoms with Gasteiger partial charge < -0.3 is 10.6 Å². The fraction of sp³-hybridized carbons (Fsp3) is 0.208. The molecule has 0 bridgehead atoms. The van der Waals surface area contributed by atoms with Crippen LogP contribution in [-0.2, 0) is 0 Å². The molecule has 0 spiro atoms. The number of amides is 2. The first-order chi connectivity index (χ1) is 14.0. The van der Waals surface area contributed by atoms with Crippen molar-refractivity contribution in [3.63, 3.8) is 0 Å². The number of aromatic nitrogens is 1. The van der Waals surface area contributed by atoms with Gasteiger partial charge in [-0.3, -0.25) is 14.6 Å². The largest absolute Gasteiger partial charge is 0.345 e. The number of hydrogen-bond acceptors (Lipinski definition) is 3. The summed E-state index contributed by atoms with van der Waals surface area (Å²) in [6.45, 7) is 6.07. The highest BCUT2D eigenvalue weighted by molar-refractivity contribution is 6.06. The van der Waals surface area contributed by atoms with E-state index in [1.807, 2.05) is 61.5 Å². The number of hydrogen-bond donors (Lipinski definition) is 2. The maximum absolute atomic E-state index is 12.7. The van der Waals surface area contributed by atoms with E-state index in [2.05, 4.69) is 29.5 Å². The molecule has 2 aromatic carbocycles. The van der Waals surface area contributed by atoms with Gasteiger partial charge in [0, 0.05) is 18.1 Å². The van der Waals surface area contributed by atoms with Crippen LogP contribution in [0.5, 0.6) is 0 Å². The van der Waals surface area contributed by atoms with Crippen LogP contribution < -0.4 is 10.6 Å².